The molecule has 3 heterocycles. The number of aromatic hydroxyl groups is 1. The van der Waals surface area contributed by atoms with Crippen molar-refractivity contribution in [3.63, 3.8) is 0 Å². The summed E-state index contributed by atoms with van der Waals surface area (Å²) in [6.45, 7) is 1.94. The predicted octanol–water partition coefficient (Wildman–Crippen LogP) is -1.78. The van der Waals surface area contributed by atoms with Crippen LogP contribution in [0.5, 0.6) is 11.5 Å². The molecule has 0 aliphatic carbocycles. The van der Waals surface area contributed by atoms with Crippen LogP contribution in [-0.4, -0.2) is 221 Å². The zero-order valence-electron chi connectivity index (χ0n) is 48.6. The molecule has 0 saturated carbocycles. The number of benzene rings is 3. The Balaban J connectivity index is 1.35. The van der Waals surface area contributed by atoms with E-state index in [1.54, 1.807) is 12.1 Å². The first-order chi connectivity index (χ1) is 41.6. The molecule has 0 bridgehead atoms. The number of aliphatic hydroxyl groups excluding tert-OH is 8. The van der Waals surface area contributed by atoms with Crippen molar-refractivity contribution in [3.05, 3.63) is 83.4 Å². The van der Waals surface area contributed by atoms with Gasteiger partial charge in [-0.25, -0.2) is 5.26 Å². The van der Waals surface area contributed by atoms with Gasteiger partial charge in [0.15, 0.2) is 11.5 Å². The zero-order chi connectivity index (χ0) is 63.5. The van der Waals surface area contributed by atoms with E-state index in [2.05, 4.69) is 60.3 Å². The monoisotopic (exact) mass is 1240 g/mol. The van der Waals surface area contributed by atoms with Crippen LogP contribution in [0.25, 0.3) is 11.1 Å². The van der Waals surface area contributed by atoms with E-state index in [0.29, 0.717) is 0 Å². The van der Waals surface area contributed by atoms with E-state index in [1.165, 1.54) is 49.6 Å². The third-order valence-corrected chi connectivity index (χ3v) is 16.1. The lowest BCUT2D eigenvalue weighted by Crippen LogP contribution is -2.64. The zero-order valence-corrected chi connectivity index (χ0v) is 49.4. The second kappa shape index (κ2) is 33.7. The number of nitrogens with one attached hydrogen (secondary N) is 6. The van der Waals surface area contributed by atoms with Gasteiger partial charge in [-0.3, -0.25) is 33.6 Å². The van der Waals surface area contributed by atoms with Crippen LogP contribution < -0.4 is 36.1 Å². The highest BCUT2D eigenvalue weighted by Crippen LogP contribution is 2.32. The van der Waals surface area contributed by atoms with Crippen LogP contribution >= 0.6 is 12.3 Å². The van der Waals surface area contributed by atoms with Gasteiger partial charge in [0.1, 0.15) is 36.3 Å². The van der Waals surface area contributed by atoms with Gasteiger partial charge in [-0.1, -0.05) is 91.4 Å². The number of β-amino-alcohol motifs (C(OH)–C–C–N with tert-alkyl or cyclic N) is 1. The molecule has 28 nitrogen and oxygen atoms in total. The van der Waals surface area contributed by atoms with Crippen LogP contribution in [0.4, 0.5) is 0 Å². The largest absolute Gasteiger partial charge is 0.504 e. The number of phenols is 1. The van der Waals surface area contributed by atoms with E-state index in [4.69, 9.17) is 9.44 Å². The molecule has 3 aliphatic heterocycles. The van der Waals surface area contributed by atoms with Crippen molar-refractivity contribution in [1.82, 2.24) is 41.7 Å². The lowest BCUT2D eigenvalue weighted by Gasteiger charge is -2.34. The minimum absolute atomic E-state index is 0.0712. The Morgan fingerprint density at radius 1 is 0.736 bits per heavy atom. The summed E-state index contributed by atoms with van der Waals surface area (Å²) in [7, 11) is 0. The Morgan fingerprint density at radius 3 is 2.02 bits per heavy atom. The lowest BCUT2D eigenvalue weighted by molar-refractivity contribution is -0.433. The first-order valence-electron chi connectivity index (χ1n) is 29.1. The third-order valence-electron chi connectivity index (χ3n) is 15.7. The minimum Gasteiger partial charge on any atom is -0.504 e. The second-order valence-electron chi connectivity index (χ2n) is 22.3. The van der Waals surface area contributed by atoms with Gasteiger partial charge >= 0.3 is 0 Å². The number of fused-ring (bicyclic) bond motifs is 2. The van der Waals surface area contributed by atoms with Crippen LogP contribution in [0.2, 0.25) is 0 Å². The van der Waals surface area contributed by atoms with Crippen molar-refractivity contribution in [1.29, 1.82) is 0 Å². The quantitative estimate of drug-likeness (QED) is 0.0204. The van der Waals surface area contributed by atoms with Crippen molar-refractivity contribution in [2.24, 2.45) is 5.92 Å². The molecule has 0 radical (unpaired) electrons. The van der Waals surface area contributed by atoms with Crippen molar-refractivity contribution in [2.75, 3.05) is 39.4 Å². The van der Waals surface area contributed by atoms with E-state index < -0.39 is 184 Å². The van der Waals surface area contributed by atoms with E-state index in [0.717, 1.165) is 59.6 Å². The summed E-state index contributed by atoms with van der Waals surface area (Å²) >= 11 is 0.0712. The van der Waals surface area contributed by atoms with Gasteiger partial charge in [-0.2, -0.15) is 0 Å². The summed E-state index contributed by atoms with van der Waals surface area (Å²) in [5, 5.41) is 126. The summed E-state index contributed by atoms with van der Waals surface area (Å²) in [4.78, 5) is 103. The van der Waals surface area contributed by atoms with Crippen molar-refractivity contribution >= 4 is 53.7 Å². The first kappa shape index (κ1) is 69.5. The number of nitrogens with zero attached hydrogens (tertiary/aromatic N) is 2. The molecule has 7 amide bonds. The van der Waals surface area contributed by atoms with Gasteiger partial charge in [-0.05, 0) is 79.3 Å². The van der Waals surface area contributed by atoms with Gasteiger partial charge < -0.3 is 91.8 Å². The molecular formula is C58H82N8O20S. The Bertz CT molecular complexity index is 2760. The molecule has 0 unspecified atom stereocenters. The number of rotatable bonds is 24. The summed E-state index contributed by atoms with van der Waals surface area (Å²) in [6.07, 6.45) is -5.76. The van der Waals surface area contributed by atoms with E-state index >= 15 is 0 Å². The molecule has 480 valence electrons. The van der Waals surface area contributed by atoms with Crippen molar-refractivity contribution < 1.29 is 98.3 Å². The molecule has 16 N–H and O–H groups in total. The smallest absolute Gasteiger partial charge is 0.261 e. The summed E-state index contributed by atoms with van der Waals surface area (Å²) in [5.74, 6) is -9.44. The normalized spacial score (nSPS) is 25.5. The number of aliphatic hydroxyl groups is 8. The number of carbonyl (C=O) groups is 7. The number of hydrogen-bond acceptors (Lipinski definition) is 22. The van der Waals surface area contributed by atoms with Gasteiger partial charge in [0.2, 0.25) is 35.4 Å². The Kier molecular flexibility index (Phi) is 26.9. The summed E-state index contributed by atoms with van der Waals surface area (Å²) in [5.41, 5.74) is 3.05. The van der Waals surface area contributed by atoms with Gasteiger partial charge in [0.05, 0.1) is 55.9 Å². The Labute approximate surface area is 507 Å². The fourth-order valence-corrected chi connectivity index (χ4v) is 11.0. The van der Waals surface area contributed by atoms with Gasteiger partial charge in [0, 0.05) is 50.4 Å². The maximum absolute atomic E-state index is 14.9. The average molecular weight is 1240 g/mol. The molecular weight excluding hydrogens is 1160 g/mol. The molecule has 6 rings (SSSR count). The van der Waals surface area contributed by atoms with Crippen LogP contribution in [0.15, 0.2) is 66.7 Å². The molecule has 13 atom stereocenters. The van der Waals surface area contributed by atoms with Crippen LogP contribution in [0.3, 0.4) is 0 Å². The fourth-order valence-electron chi connectivity index (χ4n) is 10.7. The highest BCUT2D eigenvalue weighted by atomic mass is 32.2. The maximum atomic E-state index is 14.9. The Hall–Kier alpha value is -6.58. The summed E-state index contributed by atoms with van der Waals surface area (Å²) in [6, 6.07) is 5.90. The SMILES string of the molecule is CCCCCCCc1ccc(-c2ccc(C(=O)N[C@H]3C[C@@H](O)CNC(=O)[C@@H]4[C@@H](O)[C@@H](C)CN4C(=O)[C@H]([C@H](O)CCNC(CO)CO)NC(=O)[C@H]([C@H](O)Cc4ccc(O)c(OSOOO)c4)NC(=O)[C@@H]4C[C@@H](O)CN4C(=O)[C@H]([C@@H](C)O)NC3=O)cc2)cc1. The molecule has 0 spiro atoms. The van der Waals surface area contributed by atoms with Gasteiger partial charge in [0.25, 0.3) is 18.2 Å². The predicted molar refractivity (Wildman–Crippen MR) is 311 cm³/mol. The second-order valence-corrected chi connectivity index (χ2v) is 22.8. The van der Waals surface area contributed by atoms with Crippen LogP contribution in [-0.2, 0) is 51.0 Å². The third kappa shape index (κ3) is 19.2. The van der Waals surface area contributed by atoms with Crippen molar-refractivity contribution in [3.8, 4) is 22.6 Å². The lowest BCUT2D eigenvalue weighted by atomic mass is 9.98. The number of amides is 7. The standard InChI is InChI=1S/C58H82N8O20S/c1-4-5-6-7-8-9-33-10-13-35(14-11-33)36-15-17-37(18-16-36)52(76)61-41-24-39(70)26-60-56(80)50-51(75)31(2)27-66(50)58(82)49(44(73)20-21-59-38(29-67)30-68)64-55(79)48(45(74)22-34-12-19-43(72)46(23-34)84-87-86-85-83)63-54(78)42-25-40(71)28-65(42)57(81)47(32(3)69)62-53(41)77/h10-19,23,31-32,38-42,44-45,47-51,59,67-75,83H,4-9,20-22,24-30H2,1-3H3,(H,60,80)(H,61,76)(H,62,77)(H,63,78)(H,64,79)/t31-,32+,39+,40+,41-,42-,44+,45+,47-,48-,49-,50-,51-/m0/s1. The molecule has 0 aromatic heterocycles. The first-order valence-corrected chi connectivity index (χ1v) is 29.7. The average Bonchev–Trinajstić information content (AvgIpc) is 1.90. The van der Waals surface area contributed by atoms with Crippen LogP contribution in [0, 0.1) is 5.92 Å². The van der Waals surface area contributed by atoms with E-state index in [-0.39, 0.29) is 42.3 Å². The van der Waals surface area contributed by atoms with Gasteiger partial charge in [-0.15, -0.1) is 0 Å². The highest BCUT2D eigenvalue weighted by Gasteiger charge is 2.50. The molecule has 3 fully saturated rings. The summed E-state index contributed by atoms with van der Waals surface area (Å²) < 4.78 is 9.35. The number of hydrogen-bond donors (Lipinski definition) is 16. The Morgan fingerprint density at radius 2 is 1.37 bits per heavy atom. The highest BCUT2D eigenvalue weighted by molar-refractivity contribution is 7.90. The molecule has 29 heteroatoms. The minimum atomic E-state index is -2.15. The number of unbranched alkanes of at least 4 members (excludes halogenated alkanes) is 4. The molecule has 87 heavy (non-hydrogen) atoms. The molecule has 3 aliphatic rings. The molecule has 3 aromatic rings. The number of aryl methyl sites for hydroxylation is 1. The number of phenolic OH excluding ortho intramolecular Hbond substituents is 1. The topological polar surface area (TPSA) is 428 Å². The van der Waals surface area contributed by atoms with Crippen LogP contribution in [0.1, 0.15) is 93.6 Å². The molecule has 3 saturated heterocycles. The molecule has 3 aromatic carbocycles. The maximum Gasteiger partial charge on any atom is 0.261 e. The van der Waals surface area contributed by atoms with Crippen molar-refractivity contribution in [2.45, 2.75) is 164 Å². The fraction of sp³-hybridized carbons (Fsp3) is 0.569. The van der Waals surface area contributed by atoms with E-state index in [1.807, 2.05) is 12.1 Å². The van der Waals surface area contributed by atoms with E-state index in [9.17, 15) is 79.5 Å². The number of carbonyl (C=O) groups excluding carboxylic acids is 7.